The minimum atomic E-state index is -1.01. The zero-order chi connectivity index (χ0) is 11.7. The molecule has 1 heterocycles. The van der Waals surface area contributed by atoms with Crippen LogP contribution in [0.2, 0.25) is 0 Å². The van der Waals surface area contributed by atoms with Crippen LogP contribution in [0.25, 0.3) is 11.0 Å². The number of aryl methyl sites for hydroxylation is 1. The van der Waals surface area contributed by atoms with E-state index < -0.39 is 5.97 Å². The van der Waals surface area contributed by atoms with Crippen LogP contribution in [-0.2, 0) is 6.42 Å². The molecule has 4 heteroatoms. The summed E-state index contributed by atoms with van der Waals surface area (Å²) in [4.78, 5) is 11.1. The summed E-state index contributed by atoms with van der Waals surface area (Å²) in [6.07, 6.45) is 1.60. The van der Waals surface area contributed by atoms with Crippen LogP contribution < -0.4 is 0 Å². The van der Waals surface area contributed by atoms with E-state index in [1.807, 2.05) is 25.1 Å². The maximum atomic E-state index is 11.1. The molecule has 0 amide bonds. The van der Waals surface area contributed by atoms with Gasteiger partial charge in [0.25, 0.3) is 0 Å². The van der Waals surface area contributed by atoms with E-state index in [4.69, 9.17) is 9.52 Å². The van der Waals surface area contributed by atoms with Gasteiger partial charge < -0.3 is 9.52 Å². The van der Waals surface area contributed by atoms with E-state index in [9.17, 15) is 4.79 Å². The summed E-state index contributed by atoms with van der Waals surface area (Å²) in [7, 11) is 0. The number of hydrogen-bond donors (Lipinski definition) is 1. The maximum absolute atomic E-state index is 11.1. The van der Waals surface area contributed by atoms with Crippen molar-refractivity contribution in [1.29, 1.82) is 0 Å². The molecule has 1 aromatic carbocycles. The minimum absolute atomic E-state index is 0.0590. The maximum Gasteiger partial charge on any atom is 0.372 e. The zero-order valence-electron chi connectivity index (χ0n) is 8.79. The molecule has 0 fully saturated rings. The molecule has 0 aliphatic carbocycles. The van der Waals surface area contributed by atoms with Crippen molar-refractivity contribution in [1.82, 2.24) is 0 Å². The number of carbonyl (C=O) groups is 1. The van der Waals surface area contributed by atoms with Crippen molar-refractivity contribution in [3.05, 3.63) is 34.0 Å². The SMILES string of the molecule is CCCc1c(C(=O)O)oc2c(Br)cccc12. The van der Waals surface area contributed by atoms with Gasteiger partial charge in [0.1, 0.15) is 5.58 Å². The van der Waals surface area contributed by atoms with Gasteiger partial charge in [0.15, 0.2) is 0 Å². The van der Waals surface area contributed by atoms with Gasteiger partial charge in [0.05, 0.1) is 4.47 Å². The largest absolute Gasteiger partial charge is 0.475 e. The summed E-state index contributed by atoms with van der Waals surface area (Å²) in [6, 6.07) is 5.61. The van der Waals surface area contributed by atoms with Gasteiger partial charge in [-0.15, -0.1) is 0 Å². The molecule has 0 spiro atoms. The van der Waals surface area contributed by atoms with Gasteiger partial charge in [-0.3, -0.25) is 0 Å². The van der Waals surface area contributed by atoms with Crippen LogP contribution in [0, 0.1) is 0 Å². The lowest BCUT2D eigenvalue weighted by molar-refractivity contribution is 0.0663. The first-order valence-corrected chi connectivity index (χ1v) is 5.87. The van der Waals surface area contributed by atoms with E-state index in [-0.39, 0.29) is 5.76 Å². The van der Waals surface area contributed by atoms with E-state index in [0.29, 0.717) is 12.0 Å². The topological polar surface area (TPSA) is 50.4 Å². The van der Waals surface area contributed by atoms with Gasteiger partial charge in [-0.2, -0.15) is 0 Å². The number of fused-ring (bicyclic) bond motifs is 1. The molecule has 0 bridgehead atoms. The number of carboxylic acid groups (broad SMARTS) is 1. The van der Waals surface area contributed by atoms with Gasteiger partial charge in [0, 0.05) is 10.9 Å². The molecule has 0 saturated carbocycles. The number of para-hydroxylation sites is 1. The molecule has 0 saturated heterocycles. The number of benzene rings is 1. The van der Waals surface area contributed by atoms with Crippen molar-refractivity contribution in [3.63, 3.8) is 0 Å². The summed E-state index contributed by atoms with van der Waals surface area (Å²) in [5, 5.41) is 9.96. The molecule has 0 radical (unpaired) electrons. The average Bonchev–Trinajstić information content (AvgIpc) is 2.60. The van der Waals surface area contributed by atoms with Crippen molar-refractivity contribution in [2.45, 2.75) is 19.8 Å². The molecule has 0 aliphatic rings. The highest BCUT2D eigenvalue weighted by atomic mass is 79.9. The van der Waals surface area contributed by atoms with Gasteiger partial charge in [0.2, 0.25) is 5.76 Å². The first kappa shape index (κ1) is 11.2. The summed E-state index contributed by atoms with van der Waals surface area (Å²) < 4.78 is 6.18. The molecule has 1 N–H and O–H groups in total. The summed E-state index contributed by atoms with van der Waals surface area (Å²) in [6.45, 7) is 2.02. The lowest BCUT2D eigenvalue weighted by Crippen LogP contribution is -1.98. The molecular formula is C12H11BrO3. The van der Waals surface area contributed by atoms with Gasteiger partial charge >= 0.3 is 5.97 Å². The van der Waals surface area contributed by atoms with Crippen LogP contribution >= 0.6 is 15.9 Å². The van der Waals surface area contributed by atoms with Crippen LogP contribution in [0.3, 0.4) is 0 Å². The van der Waals surface area contributed by atoms with Gasteiger partial charge in [-0.25, -0.2) is 4.79 Å². The second-order valence-corrected chi connectivity index (χ2v) is 4.44. The number of rotatable bonds is 3. The Labute approximate surface area is 101 Å². The van der Waals surface area contributed by atoms with E-state index in [1.165, 1.54) is 0 Å². The van der Waals surface area contributed by atoms with Crippen molar-refractivity contribution >= 4 is 32.9 Å². The Morgan fingerprint density at radius 1 is 1.50 bits per heavy atom. The van der Waals surface area contributed by atoms with Gasteiger partial charge in [-0.05, 0) is 28.4 Å². The van der Waals surface area contributed by atoms with Crippen LogP contribution in [0.5, 0.6) is 0 Å². The third-order valence-electron chi connectivity index (χ3n) is 2.46. The van der Waals surface area contributed by atoms with E-state index in [2.05, 4.69) is 15.9 Å². The van der Waals surface area contributed by atoms with Crippen molar-refractivity contribution in [3.8, 4) is 0 Å². The Morgan fingerprint density at radius 2 is 2.25 bits per heavy atom. The predicted molar refractivity (Wildman–Crippen MR) is 64.9 cm³/mol. The van der Waals surface area contributed by atoms with Crippen LogP contribution in [-0.4, -0.2) is 11.1 Å². The summed E-state index contributed by atoms with van der Waals surface area (Å²) in [5.41, 5.74) is 1.40. The van der Waals surface area contributed by atoms with E-state index in [0.717, 1.165) is 21.8 Å². The molecular weight excluding hydrogens is 272 g/mol. The number of hydrogen-bond acceptors (Lipinski definition) is 2. The number of carboxylic acids is 1. The fourth-order valence-electron chi connectivity index (χ4n) is 1.81. The van der Waals surface area contributed by atoms with Crippen molar-refractivity contribution in [2.75, 3.05) is 0 Å². The summed E-state index contributed by atoms with van der Waals surface area (Å²) >= 11 is 3.36. The highest BCUT2D eigenvalue weighted by Gasteiger charge is 2.19. The monoisotopic (exact) mass is 282 g/mol. The molecule has 2 rings (SSSR count). The number of aromatic carboxylic acids is 1. The Morgan fingerprint density at radius 3 is 2.88 bits per heavy atom. The zero-order valence-corrected chi connectivity index (χ0v) is 10.4. The normalized spacial score (nSPS) is 10.9. The second-order valence-electron chi connectivity index (χ2n) is 3.58. The van der Waals surface area contributed by atoms with Crippen molar-refractivity contribution < 1.29 is 14.3 Å². The standard InChI is InChI=1S/C12H11BrO3/c1-2-4-7-8-5-3-6-9(13)10(8)16-11(7)12(14)15/h3,5-6H,2,4H2,1H3,(H,14,15). The predicted octanol–water partition coefficient (Wildman–Crippen LogP) is 3.85. The minimum Gasteiger partial charge on any atom is -0.475 e. The molecule has 3 nitrogen and oxygen atoms in total. The van der Waals surface area contributed by atoms with Gasteiger partial charge in [-0.1, -0.05) is 25.5 Å². The highest BCUT2D eigenvalue weighted by molar-refractivity contribution is 9.10. The molecule has 16 heavy (non-hydrogen) atoms. The average molecular weight is 283 g/mol. The summed E-state index contributed by atoms with van der Waals surface area (Å²) in [5.74, 6) is -0.949. The molecule has 0 atom stereocenters. The number of furan rings is 1. The molecule has 0 aliphatic heterocycles. The highest BCUT2D eigenvalue weighted by Crippen LogP contribution is 2.32. The lowest BCUT2D eigenvalue weighted by Gasteiger charge is -1.96. The van der Waals surface area contributed by atoms with E-state index >= 15 is 0 Å². The van der Waals surface area contributed by atoms with E-state index in [1.54, 1.807) is 0 Å². The lowest BCUT2D eigenvalue weighted by atomic mass is 10.1. The Balaban J connectivity index is 2.75. The van der Waals surface area contributed by atoms with Crippen LogP contribution in [0.15, 0.2) is 27.1 Å². The molecule has 84 valence electrons. The third kappa shape index (κ3) is 1.73. The first-order valence-electron chi connectivity index (χ1n) is 5.08. The number of halogens is 1. The third-order valence-corrected chi connectivity index (χ3v) is 3.09. The van der Waals surface area contributed by atoms with Crippen LogP contribution in [0.1, 0.15) is 29.5 Å². The van der Waals surface area contributed by atoms with Crippen molar-refractivity contribution in [2.24, 2.45) is 0 Å². The second kappa shape index (κ2) is 4.29. The fourth-order valence-corrected chi connectivity index (χ4v) is 2.25. The molecule has 0 unspecified atom stereocenters. The Bertz CT molecular complexity index is 542. The smallest absolute Gasteiger partial charge is 0.372 e. The Hall–Kier alpha value is -1.29. The Kier molecular flexibility index (Phi) is 3.01. The molecule has 1 aromatic heterocycles. The molecule has 2 aromatic rings. The first-order chi connectivity index (χ1) is 7.65. The quantitative estimate of drug-likeness (QED) is 0.930. The van der Waals surface area contributed by atoms with Crippen LogP contribution in [0.4, 0.5) is 0 Å². The fraction of sp³-hybridized carbons (Fsp3) is 0.250.